The molecule has 0 saturated carbocycles. The van der Waals surface area contributed by atoms with Crippen molar-refractivity contribution in [1.29, 1.82) is 0 Å². The maximum atomic E-state index is 10.7. The van der Waals surface area contributed by atoms with Gasteiger partial charge in [0.2, 0.25) is 0 Å². The average molecular weight is 256 g/mol. The number of thioether (sulfide) groups is 1. The number of fused-ring (bicyclic) bond motifs is 1. The zero-order valence-electron chi connectivity index (χ0n) is 9.43. The van der Waals surface area contributed by atoms with Crippen LogP contribution in [-0.2, 0) is 19.1 Å². The molecule has 4 radical (unpaired) electrons. The van der Waals surface area contributed by atoms with E-state index in [2.05, 4.69) is 23.3 Å². The minimum atomic E-state index is -0.384. The monoisotopic (exact) mass is 256 g/mol. The van der Waals surface area contributed by atoms with Crippen molar-refractivity contribution >= 4 is 22.9 Å². The molecular weight excluding hydrogens is 244 g/mol. The molecule has 2 rings (SSSR count). The lowest BCUT2D eigenvalue weighted by Crippen LogP contribution is -2.37. The smallest absolute Gasteiger partial charge is 0.302 e. The van der Waals surface area contributed by atoms with Crippen LogP contribution in [0.5, 0.6) is 0 Å². The third kappa shape index (κ3) is 3.34. The average Bonchev–Trinajstić information content (AvgIpc) is 2.68. The number of nitrogens with one attached hydrogen (secondary N) is 1. The van der Waals surface area contributed by atoms with Gasteiger partial charge in [-0.2, -0.15) is 0 Å². The van der Waals surface area contributed by atoms with Crippen molar-refractivity contribution in [3.8, 4) is 0 Å². The predicted molar refractivity (Wildman–Crippen MR) is 60.7 cm³/mol. The topological polar surface area (TPSA) is 69.1 Å². The molecule has 92 valence electrons. The van der Waals surface area contributed by atoms with Gasteiger partial charge in [0.15, 0.2) is 5.17 Å². The van der Waals surface area contributed by atoms with Gasteiger partial charge in [-0.05, 0) is 0 Å². The van der Waals surface area contributed by atoms with Gasteiger partial charge in [-0.25, -0.2) is 5.48 Å². The van der Waals surface area contributed by atoms with Crippen LogP contribution >= 0.6 is 11.8 Å². The van der Waals surface area contributed by atoms with Crippen LogP contribution in [0.2, 0.25) is 0 Å². The number of hydroxylamine groups is 1. The first-order valence-corrected chi connectivity index (χ1v) is 5.90. The van der Waals surface area contributed by atoms with Gasteiger partial charge in [0.1, 0.15) is 18.1 Å². The maximum absolute atomic E-state index is 10.7. The van der Waals surface area contributed by atoms with Gasteiger partial charge in [-0.15, -0.1) is 0 Å². The number of rotatable bonds is 3. The number of hydrogen-bond donors (Lipinski definition) is 1. The molecule has 0 spiro atoms. The molecule has 1 saturated heterocycles. The summed E-state index contributed by atoms with van der Waals surface area (Å²) < 4.78 is 10.5. The molecule has 7 heteroatoms. The molecule has 6 nitrogen and oxygen atoms in total. The number of esters is 1. The molecule has 1 fully saturated rings. The zero-order valence-corrected chi connectivity index (χ0v) is 10.2. The molecule has 1 N–H and O–H groups in total. The Labute approximate surface area is 104 Å². The van der Waals surface area contributed by atoms with Crippen LogP contribution in [0, 0.1) is 12.8 Å². The molecule has 0 aromatic carbocycles. The molecule has 0 aliphatic carbocycles. The fourth-order valence-electron chi connectivity index (χ4n) is 1.38. The highest BCUT2D eigenvalue weighted by Gasteiger charge is 2.38. The van der Waals surface area contributed by atoms with Crippen LogP contribution in [0.4, 0.5) is 0 Å². The van der Waals surface area contributed by atoms with E-state index in [0.29, 0.717) is 5.17 Å². The summed E-state index contributed by atoms with van der Waals surface area (Å²) in [5.41, 5.74) is 2.47. The zero-order chi connectivity index (χ0) is 12.3. The van der Waals surface area contributed by atoms with E-state index in [-0.39, 0.29) is 30.2 Å². The van der Waals surface area contributed by atoms with Crippen molar-refractivity contribution in [1.82, 2.24) is 5.48 Å². The van der Waals surface area contributed by atoms with Gasteiger partial charge < -0.3 is 9.47 Å². The maximum Gasteiger partial charge on any atom is 0.302 e. The molecule has 0 bridgehead atoms. The summed E-state index contributed by atoms with van der Waals surface area (Å²) in [5.74, 6) is -0.338. The molecule has 0 aromatic rings. The summed E-state index contributed by atoms with van der Waals surface area (Å²) in [7, 11) is 1.51. The van der Waals surface area contributed by atoms with Crippen molar-refractivity contribution in [3.05, 3.63) is 12.8 Å². The van der Waals surface area contributed by atoms with Crippen LogP contribution in [-0.4, -0.2) is 42.4 Å². The number of nitrogens with zero attached hydrogens (tertiary/aromatic N) is 1. The fraction of sp³-hybridized carbons (Fsp3) is 0.600. The van der Waals surface area contributed by atoms with Crippen LogP contribution < -0.4 is 5.48 Å². The summed E-state index contributed by atoms with van der Waals surface area (Å²) in [5, 5.41) is 0.643. The molecule has 2 aliphatic rings. The summed E-state index contributed by atoms with van der Waals surface area (Å²) in [6.07, 6.45) is 5.46. The number of ether oxygens (including phenoxy) is 2. The highest BCUT2D eigenvalue weighted by molar-refractivity contribution is 8.14. The van der Waals surface area contributed by atoms with E-state index in [0.717, 1.165) is 0 Å². The van der Waals surface area contributed by atoms with Crippen LogP contribution in [0.1, 0.15) is 6.92 Å². The van der Waals surface area contributed by atoms with Crippen molar-refractivity contribution in [3.63, 3.8) is 0 Å². The van der Waals surface area contributed by atoms with Crippen molar-refractivity contribution in [2.45, 2.75) is 24.5 Å². The third-order valence-corrected chi connectivity index (χ3v) is 3.07. The van der Waals surface area contributed by atoms with Gasteiger partial charge >= 0.3 is 5.97 Å². The molecule has 0 aromatic heterocycles. The number of carbonyl (C=O) groups excluding carboxylic acids is 1. The molecular formula is C10H12N2O4S. The van der Waals surface area contributed by atoms with Crippen LogP contribution in [0.3, 0.4) is 0 Å². The predicted octanol–water partition coefficient (Wildman–Crippen LogP) is 0.0594. The van der Waals surface area contributed by atoms with Crippen molar-refractivity contribution in [2.75, 3.05) is 13.7 Å². The minimum absolute atomic E-state index is 0.152. The van der Waals surface area contributed by atoms with Gasteiger partial charge in [0.05, 0.1) is 13.2 Å². The lowest BCUT2D eigenvalue weighted by molar-refractivity contribution is -0.145. The fourth-order valence-corrected chi connectivity index (χ4v) is 2.35. The van der Waals surface area contributed by atoms with Crippen LogP contribution in [0.15, 0.2) is 4.99 Å². The SMILES string of the molecule is CONC1=N[C@@H]2[C][C][C@H](COC(C)=O)O[C@@H]2S1. The summed E-state index contributed by atoms with van der Waals surface area (Å²) in [6.45, 7) is 1.51. The van der Waals surface area contributed by atoms with E-state index in [4.69, 9.17) is 14.3 Å². The second-order valence-corrected chi connectivity index (χ2v) is 4.47. The third-order valence-electron chi connectivity index (χ3n) is 2.06. The number of aliphatic imine (C=N–C) groups is 1. The van der Waals surface area contributed by atoms with Crippen molar-refractivity contribution < 1.29 is 19.1 Å². The Hall–Kier alpha value is -0.790. The number of hydrogen-bond acceptors (Lipinski definition) is 7. The van der Waals surface area contributed by atoms with Gasteiger partial charge in [0, 0.05) is 19.8 Å². The summed E-state index contributed by atoms with van der Waals surface area (Å²) in [6, 6.07) is -0.189. The molecule has 17 heavy (non-hydrogen) atoms. The lowest BCUT2D eigenvalue weighted by Gasteiger charge is -2.28. The molecule has 2 heterocycles. The highest BCUT2D eigenvalue weighted by Crippen LogP contribution is 2.34. The first kappa shape index (κ1) is 12.7. The second kappa shape index (κ2) is 5.70. The summed E-state index contributed by atoms with van der Waals surface area (Å²) in [4.78, 5) is 19.7. The largest absolute Gasteiger partial charge is 0.463 e. The quantitative estimate of drug-likeness (QED) is 0.569. The standard InChI is InChI=1S/C10H12N2O4S/c1-6(13)15-5-7-3-4-8-9(16-7)17-10(11-8)12-14-2/h7-9H,5H2,1-2H3,(H,11,12)/t7-,8-,9-/m1/s1. The van der Waals surface area contributed by atoms with E-state index in [1.165, 1.54) is 25.8 Å². The van der Waals surface area contributed by atoms with E-state index in [1.807, 2.05) is 0 Å². The minimum Gasteiger partial charge on any atom is -0.463 e. The second-order valence-electron chi connectivity index (χ2n) is 3.39. The Morgan fingerprint density at radius 2 is 2.47 bits per heavy atom. The Kier molecular flexibility index (Phi) is 4.25. The van der Waals surface area contributed by atoms with E-state index in [1.54, 1.807) is 0 Å². The molecule has 2 aliphatic heterocycles. The summed E-state index contributed by atoms with van der Waals surface area (Å²) >= 11 is 1.41. The molecule has 3 atom stereocenters. The van der Waals surface area contributed by atoms with Crippen molar-refractivity contribution in [2.24, 2.45) is 4.99 Å². The Morgan fingerprint density at radius 1 is 1.65 bits per heavy atom. The van der Waals surface area contributed by atoms with E-state index < -0.39 is 0 Å². The normalized spacial score (nSPS) is 31.6. The van der Waals surface area contributed by atoms with Gasteiger partial charge in [-0.1, -0.05) is 11.8 Å². The van der Waals surface area contributed by atoms with Crippen LogP contribution in [0.25, 0.3) is 0 Å². The highest BCUT2D eigenvalue weighted by atomic mass is 32.2. The lowest BCUT2D eigenvalue weighted by atomic mass is 10.1. The molecule has 0 amide bonds. The Balaban J connectivity index is 1.80. The Bertz CT molecular complexity index is 323. The first-order valence-electron chi connectivity index (χ1n) is 5.02. The molecule has 0 unspecified atom stereocenters. The number of amidine groups is 1. The van der Waals surface area contributed by atoms with E-state index >= 15 is 0 Å². The van der Waals surface area contributed by atoms with Gasteiger partial charge in [-0.3, -0.25) is 14.6 Å². The van der Waals surface area contributed by atoms with Gasteiger partial charge in [0.25, 0.3) is 0 Å². The first-order chi connectivity index (χ1) is 8.19. The number of carbonyl (C=O) groups is 1. The van der Waals surface area contributed by atoms with E-state index in [9.17, 15) is 4.79 Å². The Morgan fingerprint density at radius 3 is 3.18 bits per heavy atom.